The van der Waals surface area contributed by atoms with E-state index < -0.39 is 17.9 Å². The van der Waals surface area contributed by atoms with Crippen molar-refractivity contribution < 1.29 is 23.9 Å². The molecule has 1 saturated heterocycles. The van der Waals surface area contributed by atoms with Gasteiger partial charge in [0.25, 0.3) is 5.91 Å². The van der Waals surface area contributed by atoms with Crippen molar-refractivity contribution >= 4 is 81.3 Å². The monoisotopic (exact) mass is 633 g/mol. The minimum atomic E-state index is -0.881. The molecule has 0 spiro atoms. The van der Waals surface area contributed by atoms with Gasteiger partial charge in [0.1, 0.15) is 11.8 Å². The molecule has 1 heterocycles. The smallest absolute Gasteiger partial charge is 0.338 e. The first kappa shape index (κ1) is 30.6. The van der Waals surface area contributed by atoms with Crippen molar-refractivity contribution in [2.24, 2.45) is 0 Å². The van der Waals surface area contributed by atoms with Crippen LogP contribution in [0, 0.1) is 0 Å². The average Bonchev–Trinajstić information content (AvgIpc) is 3.16. The molecule has 0 aliphatic carbocycles. The summed E-state index contributed by atoms with van der Waals surface area (Å²) in [6.07, 6.45) is 0.279. The molecule has 0 saturated carbocycles. The Bertz CT molecular complexity index is 1490. The zero-order valence-electron chi connectivity index (χ0n) is 22.2. The molecule has 4 rings (SSSR count). The third-order valence-electron chi connectivity index (χ3n) is 6.41. The summed E-state index contributed by atoms with van der Waals surface area (Å²) >= 11 is 24.5. The lowest BCUT2D eigenvalue weighted by Gasteiger charge is -2.24. The predicted molar refractivity (Wildman–Crippen MR) is 164 cm³/mol. The molecule has 41 heavy (non-hydrogen) atoms. The van der Waals surface area contributed by atoms with Crippen LogP contribution >= 0.6 is 47.0 Å². The van der Waals surface area contributed by atoms with E-state index in [1.54, 1.807) is 66.4 Å². The van der Waals surface area contributed by atoms with E-state index in [4.69, 9.17) is 56.5 Å². The highest BCUT2D eigenvalue weighted by molar-refractivity contribution is 7.80. The second-order valence-corrected chi connectivity index (χ2v) is 10.6. The van der Waals surface area contributed by atoms with Crippen LogP contribution in [-0.4, -0.2) is 54.1 Å². The van der Waals surface area contributed by atoms with Crippen LogP contribution in [0.5, 0.6) is 5.75 Å². The summed E-state index contributed by atoms with van der Waals surface area (Å²) in [5.74, 6) is -0.775. The molecule has 0 bridgehead atoms. The van der Waals surface area contributed by atoms with Gasteiger partial charge < -0.3 is 19.7 Å². The lowest BCUT2D eigenvalue weighted by molar-refractivity contribution is -0.124. The van der Waals surface area contributed by atoms with E-state index in [0.717, 1.165) is 5.56 Å². The first-order chi connectivity index (χ1) is 19.6. The lowest BCUT2D eigenvalue weighted by atomic mass is 10.1. The highest BCUT2D eigenvalue weighted by Crippen LogP contribution is 2.34. The Labute approximate surface area is 258 Å². The van der Waals surface area contributed by atoms with Crippen LogP contribution in [0.25, 0.3) is 0 Å². The molecule has 0 aromatic heterocycles. The molecule has 214 valence electrons. The van der Waals surface area contributed by atoms with Crippen LogP contribution in [0.15, 0.2) is 60.7 Å². The molecular formula is C29H26Cl3N3O5S. The molecule has 0 radical (unpaired) electrons. The van der Waals surface area contributed by atoms with Crippen molar-refractivity contribution in [3.8, 4) is 5.75 Å². The summed E-state index contributed by atoms with van der Waals surface area (Å²) in [4.78, 5) is 41.9. The van der Waals surface area contributed by atoms with E-state index in [1.807, 2.05) is 6.07 Å². The number of amides is 2. The molecule has 1 aliphatic rings. The summed E-state index contributed by atoms with van der Waals surface area (Å²) in [6.45, 7) is 2.30. The fraction of sp³-hybridized carbons (Fsp3) is 0.241. The SMILES string of the molecule is CCOC(=O)c1ccc(NC(=O)C[C@H]2C(=O)N(c3ccc(OC)c(Cl)c3)C(=S)N2CCc2ccc(Cl)cc2Cl)cc1. The second-order valence-electron chi connectivity index (χ2n) is 9.02. The van der Waals surface area contributed by atoms with Crippen LogP contribution in [0.2, 0.25) is 15.1 Å². The van der Waals surface area contributed by atoms with Gasteiger partial charge in [-0.3, -0.25) is 14.5 Å². The minimum absolute atomic E-state index is 0.173. The molecule has 1 fully saturated rings. The van der Waals surface area contributed by atoms with Gasteiger partial charge in [-0.2, -0.15) is 0 Å². The summed E-state index contributed by atoms with van der Waals surface area (Å²) in [7, 11) is 1.50. The number of benzene rings is 3. The van der Waals surface area contributed by atoms with Gasteiger partial charge in [0.05, 0.1) is 36.4 Å². The summed E-state index contributed by atoms with van der Waals surface area (Å²) in [5, 5.41) is 4.34. The largest absolute Gasteiger partial charge is 0.495 e. The molecule has 8 nitrogen and oxygen atoms in total. The fourth-order valence-electron chi connectivity index (χ4n) is 4.38. The molecule has 3 aromatic carbocycles. The Kier molecular flexibility index (Phi) is 10.1. The predicted octanol–water partition coefficient (Wildman–Crippen LogP) is 6.41. The van der Waals surface area contributed by atoms with Gasteiger partial charge in [0, 0.05) is 22.3 Å². The first-order valence-electron chi connectivity index (χ1n) is 12.6. The number of carbonyl (C=O) groups is 3. The van der Waals surface area contributed by atoms with Gasteiger partial charge >= 0.3 is 5.97 Å². The van der Waals surface area contributed by atoms with Crippen molar-refractivity contribution in [2.45, 2.75) is 25.8 Å². The van der Waals surface area contributed by atoms with E-state index in [2.05, 4.69) is 5.32 Å². The van der Waals surface area contributed by atoms with E-state index in [9.17, 15) is 14.4 Å². The van der Waals surface area contributed by atoms with Crippen LogP contribution in [0.1, 0.15) is 29.3 Å². The van der Waals surface area contributed by atoms with Gasteiger partial charge in [0.2, 0.25) is 5.91 Å². The number of nitrogens with zero attached hydrogens (tertiary/aromatic N) is 2. The van der Waals surface area contributed by atoms with Crippen molar-refractivity contribution in [3.05, 3.63) is 86.9 Å². The lowest BCUT2D eigenvalue weighted by Crippen LogP contribution is -2.39. The Hall–Kier alpha value is -3.37. The maximum atomic E-state index is 13.7. The number of nitrogens with one attached hydrogen (secondary N) is 1. The molecule has 0 unspecified atom stereocenters. The number of ether oxygens (including phenoxy) is 2. The number of hydrogen-bond acceptors (Lipinski definition) is 6. The molecule has 1 atom stereocenters. The van der Waals surface area contributed by atoms with Gasteiger partial charge in [-0.15, -0.1) is 0 Å². The van der Waals surface area contributed by atoms with Crippen LogP contribution < -0.4 is 15.0 Å². The number of carbonyl (C=O) groups excluding carboxylic acids is 3. The highest BCUT2D eigenvalue weighted by atomic mass is 35.5. The quantitative estimate of drug-likeness (QED) is 0.204. The van der Waals surface area contributed by atoms with Gasteiger partial charge in [0.15, 0.2) is 5.11 Å². The minimum Gasteiger partial charge on any atom is -0.495 e. The van der Waals surface area contributed by atoms with E-state index in [1.165, 1.54) is 12.0 Å². The summed E-state index contributed by atoms with van der Waals surface area (Å²) in [5.41, 5.74) is 2.11. The summed E-state index contributed by atoms with van der Waals surface area (Å²) in [6, 6.07) is 15.5. The molecule has 2 amide bonds. The average molecular weight is 635 g/mol. The van der Waals surface area contributed by atoms with Gasteiger partial charge in [-0.05, 0) is 85.7 Å². The summed E-state index contributed by atoms with van der Waals surface area (Å²) < 4.78 is 10.2. The maximum absolute atomic E-state index is 13.7. The molecule has 12 heteroatoms. The number of halogens is 3. The molecule has 3 aromatic rings. The number of anilines is 2. The Balaban J connectivity index is 1.55. The normalized spacial score (nSPS) is 14.8. The number of rotatable bonds is 10. The van der Waals surface area contributed by atoms with Gasteiger partial charge in [-0.25, -0.2) is 4.79 Å². The van der Waals surface area contributed by atoms with Gasteiger partial charge in [-0.1, -0.05) is 40.9 Å². The number of esters is 1. The number of hydrogen-bond donors (Lipinski definition) is 1. The number of thiocarbonyl (C=S) groups is 1. The topological polar surface area (TPSA) is 88.2 Å². The highest BCUT2D eigenvalue weighted by Gasteiger charge is 2.44. The van der Waals surface area contributed by atoms with E-state index in [0.29, 0.717) is 50.7 Å². The Morgan fingerprint density at radius 2 is 1.73 bits per heavy atom. The fourth-order valence-corrected chi connectivity index (χ4v) is 5.55. The third-order valence-corrected chi connectivity index (χ3v) is 7.71. The van der Waals surface area contributed by atoms with Crippen LogP contribution in [0.3, 0.4) is 0 Å². The second kappa shape index (κ2) is 13.5. The van der Waals surface area contributed by atoms with Crippen molar-refractivity contribution in [1.29, 1.82) is 0 Å². The molecule has 1 aliphatic heterocycles. The number of methoxy groups -OCH3 is 1. The first-order valence-corrected chi connectivity index (χ1v) is 14.2. The van der Waals surface area contributed by atoms with Crippen molar-refractivity contribution in [3.63, 3.8) is 0 Å². The maximum Gasteiger partial charge on any atom is 0.338 e. The van der Waals surface area contributed by atoms with Crippen molar-refractivity contribution in [1.82, 2.24) is 4.90 Å². The van der Waals surface area contributed by atoms with Crippen molar-refractivity contribution in [2.75, 3.05) is 30.5 Å². The molecule has 1 N–H and O–H groups in total. The third kappa shape index (κ3) is 7.11. The zero-order valence-corrected chi connectivity index (χ0v) is 25.2. The van der Waals surface area contributed by atoms with E-state index in [-0.39, 0.29) is 24.0 Å². The zero-order chi connectivity index (χ0) is 29.7. The van der Waals surface area contributed by atoms with Crippen LogP contribution in [0.4, 0.5) is 11.4 Å². The Morgan fingerprint density at radius 3 is 2.37 bits per heavy atom. The van der Waals surface area contributed by atoms with Crippen LogP contribution in [-0.2, 0) is 20.7 Å². The standard InChI is InChI=1S/C29H26Cl3N3O5S/c1-3-40-28(38)18-5-8-20(9-6-18)33-26(36)16-24-27(37)35(21-10-11-25(39-2)23(32)15-21)29(41)34(24)13-12-17-4-7-19(30)14-22(17)31/h4-11,14-15,24H,3,12-13,16H2,1-2H3,(H,33,36)/t24-/m0/s1. The van der Waals surface area contributed by atoms with E-state index >= 15 is 0 Å². The molecular weight excluding hydrogens is 609 g/mol. The Morgan fingerprint density at radius 1 is 1.00 bits per heavy atom.